The van der Waals surface area contributed by atoms with Gasteiger partial charge < -0.3 is 24.6 Å². The van der Waals surface area contributed by atoms with Crippen molar-refractivity contribution in [2.24, 2.45) is 10.8 Å². The molecule has 2 saturated heterocycles. The van der Waals surface area contributed by atoms with Crippen LogP contribution in [0.2, 0.25) is 0 Å². The first-order valence-electron chi connectivity index (χ1n) is 14.2. The third-order valence-electron chi connectivity index (χ3n) is 9.35. The summed E-state index contributed by atoms with van der Waals surface area (Å²) in [7, 11) is -3.68. The Kier molecular flexibility index (Phi) is 6.01. The predicted molar refractivity (Wildman–Crippen MR) is 155 cm³/mol. The van der Waals surface area contributed by atoms with Gasteiger partial charge in [0.15, 0.2) is 11.4 Å². The first-order chi connectivity index (χ1) is 19.3. The molecule has 0 unspecified atom stereocenters. The lowest BCUT2D eigenvalue weighted by Gasteiger charge is -2.35. The van der Waals surface area contributed by atoms with Gasteiger partial charge >= 0.3 is 0 Å². The minimum absolute atomic E-state index is 0.315. The maximum atomic E-state index is 13.7. The number of benzene rings is 1. The number of sulfonamides is 1. The second kappa shape index (κ2) is 9.37. The summed E-state index contributed by atoms with van der Waals surface area (Å²) in [6.45, 7) is 3.07. The summed E-state index contributed by atoms with van der Waals surface area (Å²) in [5.74, 6) is 0.0154. The molecule has 1 amide bonds. The molecule has 2 aliphatic heterocycles. The summed E-state index contributed by atoms with van der Waals surface area (Å²) in [5.41, 5.74) is 3.67. The van der Waals surface area contributed by atoms with Crippen LogP contribution in [0.25, 0.3) is 11.0 Å². The lowest BCUT2D eigenvalue weighted by molar-refractivity contribution is 0.102. The predicted octanol–water partition coefficient (Wildman–Crippen LogP) is 4.18. The van der Waals surface area contributed by atoms with Crippen LogP contribution in [0.4, 0.5) is 22.9 Å². The van der Waals surface area contributed by atoms with Crippen molar-refractivity contribution in [3.63, 3.8) is 0 Å². The molecule has 40 heavy (non-hydrogen) atoms. The van der Waals surface area contributed by atoms with Crippen LogP contribution < -0.4 is 19.8 Å². The standard InChI is InChI=1S/C29H35N5O5S/c35-14-16-40(37,38)32-21-1-2-22(24(18-21)33-11-8-28(4-5-28)9-12-33)31-27(36)23-17-20-3-15-39-25(20)26(30-23)34-13-10-29(19-34)6-7-29/h1-3,15,17-18,32,35H,4-14,16,19H2,(H,31,36). The average molecular weight is 566 g/mol. The lowest BCUT2D eigenvalue weighted by atomic mass is 9.93. The summed E-state index contributed by atoms with van der Waals surface area (Å²) in [4.78, 5) is 22.9. The fourth-order valence-corrected chi connectivity index (χ4v) is 7.22. The Morgan fingerprint density at radius 3 is 2.40 bits per heavy atom. The van der Waals surface area contributed by atoms with Crippen LogP contribution in [0.1, 0.15) is 55.4 Å². The Bertz CT molecular complexity index is 1570. The highest BCUT2D eigenvalue weighted by molar-refractivity contribution is 7.92. The number of nitrogens with one attached hydrogen (secondary N) is 2. The summed E-state index contributed by atoms with van der Waals surface area (Å²) in [5, 5.41) is 13.0. The monoisotopic (exact) mass is 565 g/mol. The number of rotatable bonds is 8. The molecule has 2 aliphatic carbocycles. The minimum Gasteiger partial charge on any atom is -0.460 e. The number of nitrogens with zero attached hydrogens (tertiary/aromatic N) is 3. The molecule has 7 rings (SSSR count). The van der Waals surface area contributed by atoms with Crippen molar-refractivity contribution in [3.8, 4) is 0 Å². The number of pyridine rings is 1. The molecule has 4 fully saturated rings. The first-order valence-corrected chi connectivity index (χ1v) is 15.9. The molecule has 10 nitrogen and oxygen atoms in total. The number of aromatic nitrogens is 1. The van der Waals surface area contributed by atoms with Crippen molar-refractivity contribution in [1.29, 1.82) is 0 Å². The second-order valence-corrected chi connectivity index (χ2v) is 14.0. The third-order valence-corrected chi connectivity index (χ3v) is 10.6. The van der Waals surface area contributed by atoms with Crippen molar-refractivity contribution in [2.45, 2.75) is 44.9 Å². The van der Waals surface area contributed by atoms with Crippen molar-refractivity contribution < 1.29 is 22.7 Å². The fraction of sp³-hybridized carbons (Fsp3) is 0.517. The Morgan fingerprint density at radius 2 is 1.70 bits per heavy atom. The number of amides is 1. The second-order valence-electron chi connectivity index (χ2n) is 12.2. The molecule has 1 aromatic carbocycles. The highest BCUT2D eigenvalue weighted by Crippen LogP contribution is 2.55. The number of piperidine rings is 1. The Labute approximate surface area is 233 Å². The van der Waals surface area contributed by atoms with E-state index >= 15 is 0 Å². The molecule has 0 bridgehead atoms. The molecular weight excluding hydrogens is 530 g/mol. The number of carbonyl (C=O) groups excluding carboxylic acids is 1. The van der Waals surface area contributed by atoms with Crippen molar-refractivity contribution in [1.82, 2.24) is 4.98 Å². The van der Waals surface area contributed by atoms with Gasteiger partial charge in [-0.15, -0.1) is 0 Å². The van der Waals surface area contributed by atoms with E-state index in [0.717, 1.165) is 62.3 Å². The van der Waals surface area contributed by atoms with Gasteiger partial charge in [0.25, 0.3) is 5.91 Å². The summed E-state index contributed by atoms with van der Waals surface area (Å²) >= 11 is 0. The highest BCUT2D eigenvalue weighted by Gasteiger charge is 2.48. The van der Waals surface area contributed by atoms with E-state index in [2.05, 4.69) is 19.8 Å². The van der Waals surface area contributed by atoms with Crippen molar-refractivity contribution >= 4 is 49.8 Å². The Morgan fingerprint density at radius 1 is 0.975 bits per heavy atom. The van der Waals surface area contributed by atoms with Crippen LogP contribution in [0.5, 0.6) is 0 Å². The summed E-state index contributed by atoms with van der Waals surface area (Å²) in [6.07, 6.45) is 9.98. The van der Waals surface area contributed by atoms with Gasteiger partial charge in [-0.05, 0) is 86.1 Å². The number of hydrogen-bond donors (Lipinski definition) is 3. The van der Waals surface area contributed by atoms with E-state index in [9.17, 15) is 13.2 Å². The smallest absolute Gasteiger partial charge is 0.274 e. The molecule has 2 spiro atoms. The molecule has 0 radical (unpaired) electrons. The normalized spacial score (nSPS) is 20.8. The number of anilines is 4. The molecule has 3 aromatic rings. The summed E-state index contributed by atoms with van der Waals surface area (Å²) < 4.78 is 33.0. The molecular formula is C29H35N5O5S. The maximum absolute atomic E-state index is 13.7. The number of fused-ring (bicyclic) bond motifs is 1. The highest BCUT2D eigenvalue weighted by atomic mass is 32.2. The van der Waals surface area contributed by atoms with E-state index in [1.54, 1.807) is 30.5 Å². The van der Waals surface area contributed by atoms with E-state index < -0.39 is 16.6 Å². The van der Waals surface area contributed by atoms with E-state index in [4.69, 9.17) is 14.5 Å². The maximum Gasteiger partial charge on any atom is 0.274 e. The van der Waals surface area contributed by atoms with Crippen LogP contribution in [0, 0.1) is 10.8 Å². The summed E-state index contributed by atoms with van der Waals surface area (Å²) in [6, 6.07) is 8.76. The molecule has 11 heteroatoms. The van der Waals surface area contributed by atoms with E-state index in [0.29, 0.717) is 33.5 Å². The zero-order valence-corrected chi connectivity index (χ0v) is 23.3. The van der Waals surface area contributed by atoms with Gasteiger partial charge in [-0.3, -0.25) is 9.52 Å². The van der Waals surface area contributed by atoms with Crippen LogP contribution in [0.3, 0.4) is 0 Å². The number of carbonyl (C=O) groups is 1. The van der Waals surface area contributed by atoms with Gasteiger partial charge in [-0.1, -0.05) is 0 Å². The molecule has 2 aromatic heterocycles. The topological polar surface area (TPSA) is 128 Å². The molecule has 0 atom stereocenters. The Hall–Kier alpha value is -3.31. The molecule has 4 aliphatic rings. The van der Waals surface area contributed by atoms with E-state index in [-0.39, 0.29) is 11.7 Å². The zero-order chi connectivity index (χ0) is 27.5. The van der Waals surface area contributed by atoms with Gasteiger partial charge in [0, 0.05) is 31.6 Å². The largest absolute Gasteiger partial charge is 0.460 e. The molecule has 212 valence electrons. The van der Waals surface area contributed by atoms with Gasteiger partial charge in [0.05, 0.1) is 35.7 Å². The SMILES string of the molecule is O=C(Nc1ccc(NS(=O)(=O)CCO)cc1N1CCC2(CC1)CC2)c1cc2ccoc2c(N2CCC3(CC3)C2)n1. The van der Waals surface area contributed by atoms with Crippen LogP contribution in [0.15, 0.2) is 41.0 Å². The Balaban J connectivity index is 1.18. The van der Waals surface area contributed by atoms with Gasteiger partial charge in [0.2, 0.25) is 10.0 Å². The van der Waals surface area contributed by atoms with Crippen molar-refractivity contribution in [2.75, 3.05) is 58.4 Å². The number of furan rings is 1. The number of aliphatic hydroxyl groups excluding tert-OH is 1. The van der Waals surface area contributed by atoms with Gasteiger partial charge in [-0.25, -0.2) is 13.4 Å². The molecule has 3 N–H and O–H groups in total. The fourth-order valence-electron chi connectivity index (χ4n) is 6.39. The van der Waals surface area contributed by atoms with Gasteiger partial charge in [0.1, 0.15) is 5.69 Å². The van der Waals surface area contributed by atoms with E-state index in [1.807, 2.05) is 6.07 Å². The lowest BCUT2D eigenvalue weighted by Crippen LogP contribution is -2.35. The van der Waals surface area contributed by atoms with Gasteiger partial charge in [-0.2, -0.15) is 0 Å². The molecule has 4 heterocycles. The minimum atomic E-state index is -3.68. The van der Waals surface area contributed by atoms with Crippen molar-refractivity contribution in [3.05, 3.63) is 42.3 Å². The van der Waals surface area contributed by atoms with Crippen LogP contribution in [-0.4, -0.2) is 63.0 Å². The average Bonchev–Trinajstić information content (AvgIpc) is 3.75. The third kappa shape index (κ3) is 4.89. The van der Waals surface area contributed by atoms with Crippen LogP contribution >= 0.6 is 0 Å². The number of aliphatic hydroxyl groups is 1. The number of hydrogen-bond acceptors (Lipinski definition) is 8. The molecule has 2 saturated carbocycles. The van der Waals surface area contributed by atoms with Crippen LogP contribution in [-0.2, 0) is 10.0 Å². The quantitative estimate of drug-likeness (QED) is 0.371. The zero-order valence-electron chi connectivity index (χ0n) is 22.5. The first kappa shape index (κ1) is 25.6. The van der Waals surface area contributed by atoms with E-state index in [1.165, 1.54) is 25.7 Å².